The minimum absolute atomic E-state index is 0.261. The summed E-state index contributed by atoms with van der Waals surface area (Å²) in [5, 5.41) is 15.7. The summed E-state index contributed by atoms with van der Waals surface area (Å²) < 4.78 is 0. The Labute approximate surface area is 72.9 Å². The lowest BCUT2D eigenvalue weighted by molar-refractivity contribution is 0.0832. The highest BCUT2D eigenvalue weighted by molar-refractivity contribution is 4.89. The summed E-state index contributed by atoms with van der Waals surface area (Å²) in [7, 11) is 0. The van der Waals surface area contributed by atoms with Gasteiger partial charge in [-0.15, -0.1) is 0 Å². The molecule has 12 heavy (non-hydrogen) atoms. The lowest BCUT2D eigenvalue weighted by Gasteiger charge is -2.42. The summed E-state index contributed by atoms with van der Waals surface area (Å²) in [4.78, 5) is 2.47. The summed E-state index contributed by atoms with van der Waals surface area (Å²) in [6.45, 7) is 5.58. The van der Waals surface area contributed by atoms with Gasteiger partial charge in [0.2, 0.25) is 0 Å². The van der Waals surface area contributed by atoms with Crippen molar-refractivity contribution in [2.45, 2.75) is 12.1 Å². The number of aliphatic hydroxyl groups is 1. The van der Waals surface area contributed by atoms with Crippen molar-refractivity contribution in [2.75, 3.05) is 39.3 Å². The molecule has 4 heteroatoms. The summed E-state index contributed by atoms with van der Waals surface area (Å²) >= 11 is 0. The molecule has 2 heterocycles. The van der Waals surface area contributed by atoms with E-state index in [1.807, 2.05) is 0 Å². The fourth-order valence-corrected chi connectivity index (χ4v) is 2.02. The molecule has 0 spiro atoms. The van der Waals surface area contributed by atoms with E-state index in [9.17, 15) is 0 Å². The molecule has 2 aliphatic rings. The third-order valence-corrected chi connectivity index (χ3v) is 2.79. The van der Waals surface area contributed by atoms with Gasteiger partial charge in [-0.2, -0.15) is 0 Å². The molecule has 70 valence electrons. The van der Waals surface area contributed by atoms with E-state index in [1.54, 1.807) is 0 Å². The van der Waals surface area contributed by atoms with E-state index >= 15 is 0 Å². The molecule has 1 unspecified atom stereocenters. The molecule has 0 saturated carbocycles. The maximum atomic E-state index is 8.98. The number of rotatable bonds is 1. The monoisotopic (exact) mass is 171 g/mol. The quantitative estimate of drug-likeness (QED) is 0.437. The van der Waals surface area contributed by atoms with Crippen molar-refractivity contribution in [3.8, 4) is 0 Å². The molecule has 0 amide bonds. The molecular weight excluding hydrogens is 154 g/mol. The number of aliphatic hydroxyl groups excluding tert-OH is 1. The molecule has 2 fully saturated rings. The predicted octanol–water partition coefficient (Wildman–Crippen LogP) is -1.78. The number of nitrogens with zero attached hydrogens (tertiary/aromatic N) is 1. The summed E-state index contributed by atoms with van der Waals surface area (Å²) in [5.74, 6) is 0. The van der Waals surface area contributed by atoms with Crippen molar-refractivity contribution < 1.29 is 5.11 Å². The van der Waals surface area contributed by atoms with Crippen LogP contribution in [0.1, 0.15) is 0 Å². The number of fused-ring (bicyclic) bond motifs is 1. The van der Waals surface area contributed by atoms with Gasteiger partial charge in [-0.05, 0) is 0 Å². The van der Waals surface area contributed by atoms with E-state index in [2.05, 4.69) is 15.5 Å². The molecule has 0 aromatic rings. The molecule has 0 aromatic heterocycles. The first-order valence-electron chi connectivity index (χ1n) is 4.69. The number of nitrogens with one attached hydrogen (secondary N) is 2. The number of piperazine rings is 2. The van der Waals surface area contributed by atoms with Gasteiger partial charge in [0.1, 0.15) is 0 Å². The molecule has 0 aliphatic carbocycles. The number of hydrogen-bond acceptors (Lipinski definition) is 4. The van der Waals surface area contributed by atoms with E-state index in [0.717, 1.165) is 32.7 Å². The minimum atomic E-state index is 0.261. The Morgan fingerprint density at radius 1 is 1.42 bits per heavy atom. The zero-order valence-corrected chi connectivity index (χ0v) is 7.29. The van der Waals surface area contributed by atoms with Gasteiger partial charge in [-0.3, -0.25) is 4.90 Å². The molecular formula is C8H17N3O. The first kappa shape index (κ1) is 8.44. The van der Waals surface area contributed by atoms with Gasteiger partial charge in [0.05, 0.1) is 6.61 Å². The van der Waals surface area contributed by atoms with Crippen LogP contribution in [0.25, 0.3) is 0 Å². The first-order valence-corrected chi connectivity index (χ1v) is 4.69. The topological polar surface area (TPSA) is 47.5 Å². The predicted molar refractivity (Wildman–Crippen MR) is 47.1 cm³/mol. The third kappa shape index (κ3) is 1.61. The van der Waals surface area contributed by atoms with Crippen LogP contribution in [0, 0.1) is 0 Å². The molecule has 0 bridgehead atoms. The van der Waals surface area contributed by atoms with Crippen molar-refractivity contribution in [1.82, 2.24) is 15.5 Å². The van der Waals surface area contributed by atoms with Crippen LogP contribution >= 0.6 is 0 Å². The highest BCUT2D eigenvalue weighted by atomic mass is 16.3. The van der Waals surface area contributed by atoms with Gasteiger partial charge in [0.25, 0.3) is 0 Å². The Hall–Kier alpha value is -0.160. The number of hydrogen-bond donors (Lipinski definition) is 3. The maximum absolute atomic E-state index is 8.98. The van der Waals surface area contributed by atoms with Gasteiger partial charge >= 0.3 is 0 Å². The normalized spacial score (nSPS) is 37.8. The van der Waals surface area contributed by atoms with Crippen LogP contribution in [-0.2, 0) is 0 Å². The summed E-state index contributed by atoms with van der Waals surface area (Å²) in [6.07, 6.45) is 0. The van der Waals surface area contributed by atoms with Crippen LogP contribution in [0.5, 0.6) is 0 Å². The maximum Gasteiger partial charge on any atom is 0.0597 e. The minimum Gasteiger partial charge on any atom is -0.395 e. The van der Waals surface area contributed by atoms with Gasteiger partial charge < -0.3 is 15.7 Å². The molecule has 3 N–H and O–H groups in total. The largest absolute Gasteiger partial charge is 0.395 e. The van der Waals surface area contributed by atoms with Gasteiger partial charge in [0, 0.05) is 44.8 Å². The van der Waals surface area contributed by atoms with Crippen LogP contribution in [0.3, 0.4) is 0 Å². The fourth-order valence-electron chi connectivity index (χ4n) is 2.02. The molecule has 2 aliphatic heterocycles. The van der Waals surface area contributed by atoms with Crippen molar-refractivity contribution in [3.05, 3.63) is 0 Å². The Morgan fingerprint density at radius 2 is 2.33 bits per heavy atom. The molecule has 0 aromatic carbocycles. The average molecular weight is 171 g/mol. The van der Waals surface area contributed by atoms with Crippen molar-refractivity contribution in [2.24, 2.45) is 0 Å². The molecule has 0 radical (unpaired) electrons. The van der Waals surface area contributed by atoms with E-state index in [4.69, 9.17) is 5.11 Å². The highest BCUT2D eigenvalue weighted by Crippen LogP contribution is 2.08. The van der Waals surface area contributed by atoms with Crippen LogP contribution in [0.15, 0.2) is 0 Å². The second kappa shape index (κ2) is 3.70. The van der Waals surface area contributed by atoms with E-state index in [0.29, 0.717) is 12.1 Å². The Morgan fingerprint density at radius 3 is 3.17 bits per heavy atom. The summed E-state index contributed by atoms with van der Waals surface area (Å²) in [6, 6.07) is 0.931. The van der Waals surface area contributed by atoms with E-state index < -0.39 is 0 Å². The molecule has 4 nitrogen and oxygen atoms in total. The van der Waals surface area contributed by atoms with Gasteiger partial charge in [0.15, 0.2) is 0 Å². The Balaban J connectivity index is 1.90. The molecule has 2 rings (SSSR count). The summed E-state index contributed by atoms with van der Waals surface area (Å²) in [5.41, 5.74) is 0. The van der Waals surface area contributed by atoms with Crippen LogP contribution in [0.2, 0.25) is 0 Å². The fraction of sp³-hybridized carbons (Fsp3) is 1.00. The third-order valence-electron chi connectivity index (χ3n) is 2.79. The van der Waals surface area contributed by atoms with Crippen molar-refractivity contribution in [3.63, 3.8) is 0 Å². The molecule has 2 atom stereocenters. The second-order valence-corrected chi connectivity index (χ2v) is 3.64. The smallest absolute Gasteiger partial charge is 0.0597 e. The lowest BCUT2D eigenvalue weighted by Crippen LogP contribution is -2.64. The van der Waals surface area contributed by atoms with E-state index in [-0.39, 0.29) is 6.61 Å². The van der Waals surface area contributed by atoms with Crippen molar-refractivity contribution in [1.29, 1.82) is 0 Å². The Bertz CT molecular complexity index is 153. The van der Waals surface area contributed by atoms with Crippen molar-refractivity contribution >= 4 is 0 Å². The average Bonchev–Trinajstić information content (AvgIpc) is 2.17. The molecule has 2 saturated heterocycles. The zero-order chi connectivity index (χ0) is 8.39. The van der Waals surface area contributed by atoms with Gasteiger partial charge in [-0.1, -0.05) is 0 Å². The van der Waals surface area contributed by atoms with E-state index in [1.165, 1.54) is 0 Å². The SMILES string of the molecule is OCC1CN2CCNC[C@H]2CN1. The van der Waals surface area contributed by atoms with Gasteiger partial charge in [-0.25, -0.2) is 0 Å². The standard InChI is InChI=1S/C8H17N3O/c12-6-7-5-11-2-1-9-3-8(11)4-10-7/h7-10,12H,1-6H2/t7?,8-/m0/s1. The lowest BCUT2D eigenvalue weighted by atomic mass is 10.1. The first-order chi connectivity index (χ1) is 5.90. The highest BCUT2D eigenvalue weighted by Gasteiger charge is 2.28. The second-order valence-electron chi connectivity index (χ2n) is 3.64. The van der Waals surface area contributed by atoms with Crippen LogP contribution < -0.4 is 10.6 Å². The van der Waals surface area contributed by atoms with Crippen LogP contribution in [0.4, 0.5) is 0 Å². The Kier molecular flexibility index (Phi) is 2.60. The van der Waals surface area contributed by atoms with Crippen LogP contribution in [-0.4, -0.2) is 61.4 Å². The zero-order valence-electron chi connectivity index (χ0n) is 7.29.